The third-order valence-electron chi connectivity index (χ3n) is 6.61. The van der Waals surface area contributed by atoms with E-state index in [0.717, 1.165) is 18.5 Å². The van der Waals surface area contributed by atoms with Crippen LogP contribution in [-0.4, -0.2) is 51.0 Å². The van der Waals surface area contributed by atoms with Crippen molar-refractivity contribution in [3.8, 4) is 23.0 Å². The summed E-state index contributed by atoms with van der Waals surface area (Å²) in [5.74, 6) is 0.682. The largest absolute Gasteiger partial charge is 0.502 e. The first-order valence-corrected chi connectivity index (χ1v) is 11.9. The molecule has 2 heterocycles. The SMILES string of the molecule is COC(=O)C[C@@H](c1ccc(OC)cc1)c1oc(CN2CCc3cc(OC)c(OC)cc3C2)cc(=O)c1O. The fourth-order valence-electron chi connectivity index (χ4n) is 4.61. The number of methoxy groups -OCH3 is 4. The number of ether oxygens (including phenoxy) is 4. The Balaban J connectivity index is 1.64. The summed E-state index contributed by atoms with van der Waals surface area (Å²) >= 11 is 0. The van der Waals surface area contributed by atoms with Gasteiger partial charge in [-0.3, -0.25) is 14.5 Å². The molecule has 1 atom stereocenters. The maximum atomic E-state index is 12.8. The van der Waals surface area contributed by atoms with Crippen LogP contribution in [0.15, 0.2) is 51.7 Å². The average molecular weight is 510 g/mol. The smallest absolute Gasteiger partial charge is 0.306 e. The summed E-state index contributed by atoms with van der Waals surface area (Å²) in [7, 11) is 6.06. The molecule has 3 aromatic rings. The number of carbonyl (C=O) groups is 1. The summed E-state index contributed by atoms with van der Waals surface area (Å²) in [5.41, 5.74) is 2.39. The Bertz CT molecular complexity index is 1310. The third-order valence-corrected chi connectivity index (χ3v) is 6.61. The zero-order valence-corrected chi connectivity index (χ0v) is 21.4. The summed E-state index contributed by atoms with van der Waals surface area (Å²) in [4.78, 5) is 27.1. The van der Waals surface area contributed by atoms with Crippen molar-refractivity contribution >= 4 is 5.97 Å². The predicted molar refractivity (Wildman–Crippen MR) is 135 cm³/mol. The summed E-state index contributed by atoms with van der Waals surface area (Å²) in [6, 6.07) is 12.3. The van der Waals surface area contributed by atoms with Gasteiger partial charge in [0.15, 0.2) is 17.3 Å². The van der Waals surface area contributed by atoms with Gasteiger partial charge in [-0.25, -0.2) is 0 Å². The Labute approximate surface area is 215 Å². The van der Waals surface area contributed by atoms with E-state index in [-0.39, 0.29) is 12.2 Å². The van der Waals surface area contributed by atoms with Crippen LogP contribution in [-0.2, 0) is 29.0 Å². The summed E-state index contributed by atoms with van der Waals surface area (Å²) in [6.45, 7) is 1.72. The molecule has 0 aliphatic carbocycles. The highest BCUT2D eigenvalue weighted by atomic mass is 16.5. The lowest BCUT2D eigenvalue weighted by Gasteiger charge is -2.29. The Morgan fingerprint density at radius 1 is 1.00 bits per heavy atom. The second-order valence-electron chi connectivity index (χ2n) is 8.83. The van der Waals surface area contributed by atoms with Crippen molar-refractivity contribution < 1.29 is 33.3 Å². The predicted octanol–water partition coefficient (Wildman–Crippen LogP) is 3.62. The van der Waals surface area contributed by atoms with E-state index in [9.17, 15) is 14.7 Å². The Morgan fingerprint density at radius 2 is 1.68 bits per heavy atom. The first-order chi connectivity index (χ1) is 17.9. The zero-order valence-electron chi connectivity index (χ0n) is 21.4. The van der Waals surface area contributed by atoms with E-state index in [0.29, 0.717) is 41.7 Å². The molecule has 1 N–H and O–H groups in total. The van der Waals surface area contributed by atoms with Crippen molar-refractivity contribution in [2.45, 2.75) is 31.8 Å². The van der Waals surface area contributed by atoms with Crippen molar-refractivity contribution in [2.24, 2.45) is 0 Å². The summed E-state index contributed by atoms with van der Waals surface area (Å²) in [5, 5.41) is 10.7. The van der Waals surface area contributed by atoms with Gasteiger partial charge < -0.3 is 28.5 Å². The van der Waals surface area contributed by atoms with Crippen molar-refractivity contribution in [1.29, 1.82) is 0 Å². The molecule has 2 aromatic carbocycles. The molecule has 9 heteroatoms. The fraction of sp³-hybridized carbons (Fsp3) is 0.357. The zero-order chi connectivity index (χ0) is 26.5. The van der Waals surface area contributed by atoms with E-state index in [1.807, 2.05) is 12.1 Å². The van der Waals surface area contributed by atoms with Gasteiger partial charge in [0.2, 0.25) is 11.2 Å². The van der Waals surface area contributed by atoms with Crippen LogP contribution in [0, 0.1) is 0 Å². The van der Waals surface area contributed by atoms with Crippen molar-refractivity contribution in [2.75, 3.05) is 35.0 Å². The van der Waals surface area contributed by atoms with Gasteiger partial charge in [-0.05, 0) is 47.4 Å². The van der Waals surface area contributed by atoms with Gasteiger partial charge in [0.1, 0.15) is 11.5 Å². The molecule has 4 rings (SSSR count). The number of hydrogen-bond acceptors (Lipinski definition) is 9. The van der Waals surface area contributed by atoms with Crippen molar-refractivity contribution in [3.63, 3.8) is 0 Å². The van der Waals surface area contributed by atoms with Crippen LogP contribution in [0.2, 0.25) is 0 Å². The van der Waals surface area contributed by atoms with Crippen LogP contribution in [0.1, 0.15) is 40.5 Å². The summed E-state index contributed by atoms with van der Waals surface area (Å²) < 4.78 is 27.1. The first-order valence-electron chi connectivity index (χ1n) is 11.9. The normalized spacial score (nSPS) is 13.9. The van der Waals surface area contributed by atoms with Crippen molar-refractivity contribution in [1.82, 2.24) is 4.90 Å². The molecule has 1 aliphatic rings. The van der Waals surface area contributed by atoms with Gasteiger partial charge in [-0.1, -0.05) is 12.1 Å². The van der Waals surface area contributed by atoms with E-state index >= 15 is 0 Å². The number of benzene rings is 2. The minimum Gasteiger partial charge on any atom is -0.502 e. The molecule has 37 heavy (non-hydrogen) atoms. The van der Waals surface area contributed by atoms with Gasteiger partial charge in [0.25, 0.3) is 0 Å². The van der Waals surface area contributed by atoms with Crippen LogP contribution < -0.4 is 19.6 Å². The number of rotatable bonds is 9. The lowest BCUT2D eigenvalue weighted by Crippen LogP contribution is -2.30. The van der Waals surface area contributed by atoms with Crippen molar-refractivity contribution in [3.05, 3.63) is 80.9 Å². The average Bonchev–Trinajstić information content (AvgIpc) is 2.92. The number of hydrogen-bond donors (Lipinski definition) is 1. The van der Waals surface area contributed by atoms with E-state index in [1.54, 1.807) is 45.6 Å². The number of nitrogens with zero attached hydrogens (tertiary/aromatic N) is 1. The fourth-order valence-corrected chi connectivity index (χ4v) is 4.61. The quantitative estimate of drug-likeness (QED) is 0.433. The molecular formula is C28H31NO8. The molecule has 0 radical (unpaired) electrons. The molecular weight excluding hydrogens is 478 g/mol. The van der Waals surface area contributed by atoms with Crippen LogP contribution in [0.5, 0.6) is 23.0 Å². The number of fused-ring (bicyclic) bond motifs is 1. The lowest BCUT2D eigenvalue weighted by molar-refractivity contribution is -0.140. The van der Waals surface area contributed by atoms with Crippen LogP contribution in [0.25, 0.3) is 0 Å². The topological polar surface area (TPSA) is 108 Å². The number of esters is 1. The minimum atomic E-state index is -0.718. The first kappa shape index (κ1) is 26.1. The molecule has 0 fully saturated rings. The number of carbonyl (C=O) groups excluding carboxylic acids is 1. The highest BCUT2D eigenvalue weighted by molar-refractivity contribution is 5.71. The highest BCUT2D eigenvalue weighted by Gasteiger charge is 2.27. The standard InChI is InChI=1S/C28H31NO8/c1-33-20-7-5-17(6-8-20)22(14-26(31)36-4)28-27(32)23(30)13-21(37-28)16-29-10-9-18-11-24(34-2)25(35-3)12-19(18)15-29/h5-8,11-13,22,32H,9-10,14-16H2,1-4H3/t22-/m0/s1. The molecule has 0 saturated heterocycles. The van der Waals surface area contributed by atoms with Crippen LogP contribution >= 0.6 is 0 Å². The third kappa shape index (κ3) is 5.72. The monoisotopic (exact) mass is 509 g/mol. The minimum absolute atomic E-state index is 0.0295. The van der Waals surface area contributed by atoms with E-state index in [2.05, 4.69) is 4.90 Å². The molecule has 9 nitrogen and oxygen atoms in total. The molecule has 0 bridgehead atoms. The van der Waals surface area contributed by atoms with Crippen LogP contribution in [0.4, 0.5) is 0 Å². The lowest BCUT2D eigenvalue weighted by atomic mass is 9.92. The van der Waals surface area contributed by atoms with Gasteiger partial charge in [0.05, 0.1) is 47.3 Å². The van der Waals surface area contributed by atoms with Gasteiger partial charge >= 0.3 is 5.97 Å². The molecule has 0 unspecified atom stereocenters. The molecule has 196 valence electrons. The molecule has 0 amide bonds. The molecule has 0 spiro atoms. The maximum absolute atomic E-state index is 12.8. The Hall–Kier alpha value is -3.98. The highest BCUT2D eigenvalue weighted by Crippen LogP contribution is 2.36. The molecule has 1 aliphatic heterocycles. The van der Waals surface area contributed by atoms with Gasteiger partial charge in [-0.15, -0.1) is 0 Å². The van der Waals surface area contributed by atoms with E-state index < -0.39 is 23.1 Å². The molecule has 0 saturated carbocycles. The second-order valence-corrected chi connectivity index (χ2v) is 8.83. The van der Waals surface area contributed by atoms with E-state index in [1.165, 1.54) is 18.7 Å². The maximum Gasteiger partial charge on any atom is 0.306 e. The van der Waals surface area contributed by atoms with Gasteiger partial charge in [-0.2, -0.15) is 0 Å². The molecule has 1 aromatic heterocycles. The van der Waals surface area contributed by atoms with Gasteiger partial charge in [0, 0.05) is 19.2 Å². The second kappa shape index (κ2) is 11.4. The Kier molecular flexibility index (Phi) is 8.03. The summed E-state index contributed by atoms with van der Waals surface area (Å²) in [6.07, 6.45) is 0.684. The van der Waals surface area contributed by atoms with Crippen LogP contribution in [0.3, 0.4) is 0 Å². The number of aromatic hydroxyl groups is 1. The van der Waals surface area contributed by atoms with E-state index in [4.69, 9.17) is 23.4 Å². The Morgan fingerprint density at radius 3 is 2.30 bits per heavy atom.